The lowest BCUT2D eigenvalue weighted by Gasteiger charge is -2.24. The van der Waals surface area contributed by atoms with Gasteiger partial charge in [-0.3, -0.25) is 9.59 Å². The Hall–Kier alpha value is -1.82. The van der Waals surface area contributed by atoms with Gasteiger partial charge in [0, 0.05) is 12.1 Å². The van der Waals surface area contributed by atoms with Gasteiger partial charge in [0.05, 0.1) is 17.4 Å². The van der Waals surface area contributed by atoms with Crippen LogP contribution in [-0.4, -0.2) is 34.2 Å². The van der Waals surface area contributed by atoms with E-state index in [0.29, 0.717) is 17.9 Å². The Bertz CT molecular complexity index is 531. The molecule has 1 atom stereocenters. The molecule has 0 aliphatic heterocycles. The van der Waals surface area contributed by atoms with Crippen molar-refractivity contribution in [3.63, 3.8) is 0 Å². The van der Waals surface area contributed by atoms with Crippen molar-refractivity contribution in [1.29, 1.82) is 0 Å². The van der Waals surface area contributed by atoms with Crippen LogP contribution in [0.5, 0.6) is 0 Å². The molecule has 1 aromatic rings. The van der Waals surface area contributed by atoms with Crippen LogP contribution < -0.4 is 5.32 Å². The number of hydrogen-bond acceptors (Lipinski definition) is 4. The molecule has 0 spiro atoms. The minimum Gasteiger partial charge on any atom is -0.481 e. The zero-order valence-electron chi connectivity index (χ0n) is 13.6. The number of carbonyl (C=O) groups excluding carboxylic acids is 1. The first-order valence-corrected chi connectivity index (χ1v) is 7.41. The van der Waals surface area contributed by atoms with E-state index in [1.54, 1.807) is 13.8 Å². The van der Waals surface area contributed by atoms with Crippen LogP contribution in [0, 0.1) is 12.8 Å². The molecule has 3 N–H and O–H groups in total. The summed E-state index contributed by atoms with van der Waals surface area (Å²) < 4.78 is 5.13. The van der Waals surface area contributed by atoms with E-state index in [1.807, 2.05) is 0 Å². The van der Waals surface area contributed by atoms with E-state index in [-0.39, 0.29) is 24.3 Å². The van der Waals surface area contributed by atoms with E-state index in [9.17, 15) is 14.7 Å². The van der Waals surface area contributed by atoms with Crippen molar-refractivity contribution in [3.8, 4) is 0 Å². The topological polar surface area (TPSA) is 99.8 Å². The summed E-state index contributed by atoms with van der Waals surface area (Å²) >= 11 is 0. The van der Waals surface area contributed by atoms with Crippen molar-refractivity contribution in [3.05, 3.63) is 23.2 Å². The van der Waals surface area contributed by atoms with E-state index >= 15 is 0 Å². The quantitative estimate of drug-likeness (QED) is 0.683. The summed E-state index contributed by atoms with van der Waals surface area (Å²) in [5.74, 6) is -0.885. The van der Waals surface area contributed by atoms with Crippen LogP contribution >= 0.6 is 0 Å². The predicted octanol–water partition coefficient (Wildman–Crippen LogP) is 2.13. The van der Waals surface area contributed by atoms with Crippen molar-refractivity contribution in [2.75, 3.05) is 6.54 Å². The number of furan rings is 1. The van der Waals surface area contributed by atoms with E-state index < -0.39 is 17.5 Å². The second-order valence-electron chi connectivity index (χ2n) is 6.40. The predicted molar refractivity (Wildman–Crippen MR) is 81.8 cm³/mol. The number of carboxylic acid groups (broad SMARTS) is 1. The van der Waals surface area contributed by atoms with Gasteiger partial charge in [-0.05, 0) is 32.6 Å². The lowest BCUT2D eigenvalue weighted by atomic mass is 9.95. The summed E-state index contributed by atoms with van der Waals surface area (Å²) in [6.07, 6.45) is 2.46. The lowest BCUT2D eigenvalue weighted by molar-refractivity contribution is -0.136. The zero-order chi connectivity index (χ0) is 16.9. The summed E-state index contributed by atoms with van der Waals surface area (Å²) in [7, 11) is 0. The molecule has 0 aliphatic carbocycles. The Morgan fingerprint density at radius 3 is 2.59 bits per heavy atom. The summed E-state index contributed by atoms with van der Waals surface area (Å²) in [4.78, 5) is 23.0. The van der Waals surface area contributed by atoms with Crippen LogP contribution in [0.15, 0.2) is 10.7 Å². The molecule has 0 radical (unpaired) electrons. The second kappa shape index (κ2) is 7.45. The van der Waals surface area contributed by atoms with Crippen molar-refractivity contribution >= 4 is 11.9 Å². The Balaban J connectivity index is 2.69. The molecule has 0 saturated carbocycles. The molecular weight excluding hydrogens is 286 g/mol. The minimum absolute atomic E-state index is 0.107. The van der Waals surface area contributed by atoms with Crippen molar-refractivity contribution < 1.29 is 24.2 Å². The highest BCUT2D eigenvalue weighted by Crippen LogP contribution is 2.19. The number of aryl methyl sites for hydroxylation is 1. The van der Waals surface area contributed by atoms with Gasteiger partial charge in [-0.25, -0.2) is 0 Å². The summed E-state index contributed by atoms with van der Waals surface area (Å²) in [6.45, 7) is 7.61. The standard InChI is InChI=1S/C16H25NO5/c1-10(2)5-6-16(4,21)9-17-15(20)14-11(3)8-22-12(14)7-13(18)19/h8,10,21H,5-7,9H2,1-4H3,(H,17,20)(H,18,19). The van der Waals surface area contributed by atoms with Crippen LogP contribution in [0.25, 0.3) is 0 Å². The minimum atomic E-state index is -1.06. The van der Waals surface area contributed by atoms with E-state index in [2.05, 4.69) is 19.2 Å². The smallest absolute Gasteiger partial charge is 0.311 e. The number of rotatable bonds is 8. The highest BCUT2D eigenvalue weighted by Gasteiger charge is 2.25. The first-order valence-electron chi connectivity index (χ1n) is 7.41. The monoisotopic (exact) mass is 311 g/mol. The van der Waals surface area contributed by atoms with Gasteiger partial charge in [0.1, 0.15) is 12.2 Å². The molecule has 0 aliphatic rings. The van der Waals surface area contributed by atoms with E-state index in [1.165, 1.54) is 6.26 Å². The molecular formula is C16H25NO5. The van der Waals surface area contributed by atoms with Gasteiger partial charge in [-0.2, -0.15) is 0 Å². The van der Waals surface area contributed by atoms with Crippen LogP contribution in [0.2, 0.25) is 0 Å². The number of aliphatic hydroxyl groups is 1. The van der Waals surface area contributed by atoms with Gasteiger partial charge >= 0.3 is 5.97 Å². The van der Waals surface area contributed by atoms with Crippen LogP contribution in [0.4, 0.5) is 0 Å². The number of carboxylic acids is 1. The molecule has 6 heteroatoms. The molecule has 22 heavy (non-hydrogen) atoms. The largest absolute Gasteiger partial charge is 0.481 e. The average molecular weight is 311 g/mol. The van der Waals surface area contributed by atoms with Crippen molar-refractivity contribution in [1.82, 2.24) is 5.32 Å². The number of aliphatic carboxylic acids is 1. The maximum Gasteiger partial charge on any atom is 0.311 e. The van der Waals surface area contributed by atoms with Crippen molar-refractivity contribution in [2.45, 2.75) is 52.6 Å². The summed E-state index contributed by atoms with van der Waals surface area (Å²) in [6, 6.07) is 0. The van der Waals surface area contributed by atoms with Gasteiger partial charge in [-0.1, -0.05) is 13.8 Å². The first-order chi connectivity index (χ1) is 10.1. The van der Waals surface area contributed by atoms with Crippen LogP contribution in [0.1, 0.15) is 55.3 Å². The third-order valence-electron chi connectivity index (χ3n) is 3.48. The molecule has 1 amide bonds. The van der Waals surface area contributed by atoms with Gasteiger partial charge in [-0.15, -0.1) is 0 Å². The number of amides is 1. The third kappa shape index (κ3) is 5.52. The lowest BCUT2D eigenvalue weighted by Crippen LogP contribution is -2.41. The fourth-order valence-corrected chi connectivity index (χ4v) is 2.12. The van der Waals surface area contributed by atoms with E-state index in [0.717, 1.165) is 6.42 Å². The maximum atomic E-state index is 12.2. The molecule has 1 rings (SSSR count). The third-order valence-corrected chi connectivity index (χ3v) is 3.48. The summed E-state index contributed by atoms with van der Waals surface area (Å²) in [5, 5.41) is 21.8. The fourth-order valence-electron chi connectivity index (χ4n) is 2.12. The molecule has 1 aromatic heterocycles. The Morgan fingerprint density at radius 1 is 1.41 bits per heavy atom. The van der Waals surface area contributed by atoms with Gasteiger partial charge in [0.15, 0.2) is 0 Å². The number of hydrogen-bond donors (Lipinski definition) is 3. The average Bonchev–Trinajstić information content (AvgIpc) is 2.74. The highest BCUT2D eigenvalue weighted by atomic mass is 16.4. The molecule has 0 saturated heterocycles. The Labute approximate surface area is 130 Å². The molecule has 1 heterocycles. The van der Waals surface area contributed by atoms with E-state index in [4.69, 9.17) is 9.52 Å². The van der Waals surface area contributed by atoms with Crippen molar-refractivity contribution in [2.24, 2.45) is 5.92 Å². The Kier molecular flexibility index (Phi) is 6.17. The molecule has 124 valence electrons. The normalized spacial score (nSPS) is 13.9. The summed E-state index contributed by atoms with van der Waals surface area (Å²) in [5.41, 5.74) is -0.178. The Morgan fingerprint density at radius 2 is 2.05 bits per heavy atom. The molecule has 0 bridgehead atoms. The van der Waals surface area contributed by atoms with Crippen LogP contribution in [0.3, 0.4) is 0 Å². The first kappa shape index (κ1) is 18.2. The number of nitrogens with one attached hydrogen (secondary N) is 1. The van der Waals surface area contributed by atoms with Gasteiger partial charge in [0.25, 0.3) is 5.91 Å². The van der Waals surface area contributed by atoms with Gasteiger partial charge in [0.2, 0.25) is 0 Å². The SMILES string of the molecule is Cc1coc(CC(=O)O)c1C(=O)NCC(C)(O)CCC(C)C. The van der Waals surface area contributed by atoms with Gasteiger partial charge < -0.3 is 19.9 Å². The maximum absolute atomic E-state index is 12.2. The van der Waals surface area contributed by atoms with Crippen LogP contribution in [-0.2, 0) is 11.2 Å². The fraction of sp³-hybridized carbons (Fsp3) is 0.625. The number of carbonyl (C=O) groups is 2. The molecule has 1 unspecified atom stereocenters. The zero-order valence-corrected chi connectivity index (χ0v) is 13.6. The molecule has 6 nitrogen and oxygen atoms in total. The molecule has 0 aromatic carbocycles. The molecule has 0 fully saturated rings. The second-order valence-corrected chi connectivity index (χ2v) is 6.40. The highest BCUT2D eigenvalue weighted by molar-refractivity contribution is 5.97.